The minimum absolute atomic E-state index is 0.204. The Balaban J connectivity index is 1.42. The molecule has 0 unspecified atom stereocenters. The molecule has 0 amide bonds. The first-order valence-electron chi connectivity index (χ1n) is 9.45. The van der Waals surface area contributed by atoms with Gasteiger partial charge in [-0.3, -0.25) is 9.67 Å². The number of alkyl halides is 3. The first kappa shape index (κ1) is 19.2. The van der Waals surface area contributed by atoms with Crippen molar-refractivity contribution in [3.63, 3.8) is 0 Å². The van der Waals surface area contributed by atoms with E-state index in [0.717, 1.165) is 21.2 Å². The molecule has 6 nitrogen and oxygen atoms in total. The second kappa shape index (κ2) is 7.50. The quantitative estimate of drug-likeness (QED) is 0.450. The number of halogens is 3. The molecule has 0 bridgehead atoms. The zero-order valence-electron chi connectivity index (χ0n) is 16.1. The summed E-state index contributed by atoms with van der Waals surface area (Å²) in [6, 6.07) is 12.8. The molecule has 0 saturated carbocycles. The Morgan fingerprint density at radius 2 is 1.94 bits per heavy atom. The van der Waals surface area contributed by atoms with Crippen LogP contribution in [0.25, 0.3) is 22.0 Å². The minimum Gasteiger partial charge on any atom is -0.487 e. The summed E-state index contributed by atoms with van der Waals surface area (Å²) >= 11 is 0. The highest BCUT2D eigenvalue weighted by atomic mass is 19.4. The Labute approximate surface area is 174 Å². The molecule has 0 saturated heterocycles. The van der Waals surface area contributed by atoms with E-state index in [-0.39, 0.29) is 6.79 Å². The van der Waals surface area contributed by atoms with E-state index in [9.17, 15) is 13.2 Å². The average molecular weight is 427 g/mol. The van der Waals surface area contributed by atoms with Crippen LogP contribution >= 0.6 is 0 Å². The second-order valence-electron chi connectivity index (χ2n) is 7.03. The van der Waals surface area contributed by atoms with Gasteiger partial charge in [-0.2, -0.15) is 18.3 Å². The van der Waals surface area contributed by atoms with Crippen LogP contribution in [0.4, 0.5) is 13.2 Å². The fourth-order valence-electron chi connectivity index (χ4n) is 3.48. The molecule has 158 valence electrons. The normalized spacial score (nSPS) is 13.0. The number of fused-ring (bicyclic) bond motifs is 2. The molecule has 0 radical (unpaired) electrons. The van der Waals surface area contributed by atoms with Crippen molar-refractivity contribution < 1.29 is 27.4 Å². The van der Waals surface area contributed by atoms with Crippen LogP contribution < -0.4 is 14.2 Å². The highest BCUT2D eigenvalue weighted by Gasteiger charge is 2.28. The van der Waals surface area contributed by atoms with Gasteiger partial charge in [0.15, 0.2) is 11.5 Å². The van der Waals surface area contributed by atoms with Gasteiger partial charge in [0.25, 0.3) is 0 Å². The molecule has 4 aromatic rings. The molecule has 3 heterocycles. The van der Waals surface area contributed by atoms with Crippen molar-refractivity contribution in [2.75, 3.05) is 6.79 Å². The first-order valence-corrected chi connectivity index (χ1v) is 9.45. The standard InChI is InChI=1S/C22H16F3N3O3/c23-22(24,25)12-28-10-15(9-27-28)16-6-7-26-21-17(16)2-1-3-19(21)29-11-14-4-5-18-20(8-14)31-13-30-18/h1-10H,11-13H2. The van der Waals surface area contributed by atoms with Crippen LogP contribution in [0.5, 0.6) is 17.2 Å². The monoisotopic (exact) mass is 427 g/mol. The van der Waals surface area contributed by atoms with E-state index in [1.165, 1.54) is 12.4 Å². The highest BCUT2D eigenvalue weighted by Crippen LogP contribution is 2.35. The van der Waals surface area contributed by atoms with Crippen LogP contribution in [0.1, 0.15) is 5.56 Å². The summed E-state index contributed by atoms with van der Waals surface area (Å²) in [5.74, 6) is 1.95. The summed E-state index contributed by atoms with van der Waals surface area (Å²) < 4.78 is 55.5. The van der Waals surface area contributed by atoms with E-state index >= 15 is 0 Å². The van der Waals surface area contributed by atoms with E-state index < -0.39 is 12.7 Å². The summed E-state index contributed by atoms with van der Waals surface area (Å²) in [6.07, 6.45) is 0.0641. The molecule has 5 rings (SSSR count). The molecule has 9 heteroatoms. The molecule has 0 N–H and O–H groups in total. The summed E-state index contributed by atoms with van der Waals surface area (Å²) in [7, 11) is 0. The van der Waals surface area contributed by atoms with E-state index in [0.29, 0.717) is 34.9 Å². The van der Waals surface area contributed by atoms with Gasteiger partial charge in [-0.15, -0.1) is 0 Å². The van der Waals surface area contributed by atoms with Gasteiger partial charge in [-0.05, 0) is 35.4 Å². The second-order valence-corrected chi connectivity index (χ2v) is 7.03. The molecule has 0 atom stereocenters. The van der Waals surface area contributed by atoms with Crippen LogP contribution in [0.3, 0.4) is 0 Å². The lowest BCUT2D eigenvalue weighted by atomic mass is 10.0. The number of pyridine rings is 1. The molecule has 1 aliphatic heterocycles. The van der Waals surface area contributed by atoms with Crippen LogP contribution in [0.2, 0.25) is 0 Å². The van der Waals surface area contributed by atoms with Gasteiger partial charge in [0, 0.05) is 23.3 Å². The van der Waals surface area contributed by atoms with E-state index in [1.54, 1.807) is 18.3 Å². The summed E-state index contributed by atoms with van der Waals surface area (Å²) in [4.78, 5) is 4.43. The Kier molecular flexibility index (Phi) is 4.65. The van der Waals surface area contributed by atoms with Gasteiger partial charge in [0.2, 0.25) is 6.79 Å². The van der Waals surface area contributed by atoms with Crippen molar-refractivity contribution in [2.24, 2.45) is 0 Å². The highest BCUT2D eigenvalue weighted by molar-refractivity contribution is 5.97. The molecule has 2 aromatic carbocycles. The smallest absolute Gasteiger partial charge is 0.408 e. The molecule has 0 fully saturated rings. The Bertz CT molecular complexity index is 1250. The number of para-hydroxylation sites is 1. The van der Waals surface area contributed by atoms with Crippen LogP contribution in [0, 0.1) is 0 Å². The number of ether oxygens (including phenoxy) is 3. The molecule has 0 aliphatic carbocycles. The zero-order chi connectivity index (χ0) is 21.4. The SMILES string of the molecule is FC(F)(F)Cn1cc(-c2ccnc3c(OCc4ccc5c(c4)OCO5)cccc23)cn1. The lowest BCUT2D eigenvalue weighted by molar-refractivity contribution is -0.142. The number of hydrogen-bond donors (Lipinski definition) is 0. The maximum atomic E-state index is 12.7. The largest absolute Gasteiger partial charge is 0.487 e. The van der Waals surface area contributed by atoms with Crippen molar-refractivity contribution in [3.05, 3.63) is 66.6 Å². The van der Waals surface area contributed by atoms with Gasteiger partial charge in [0.05, 0.1) is 6.20 Å². The zero-order valence-corrected chi connectivity index (χ0v) is 16.1. The van der Waals surface area contributed by atoms with E-state index in [4.69, 9.17) is 14.2 Å². The number of hydrogen-bond acceptors (Lipinski definition) is 5. The molecule has 2 aromatic heterocycles. The number of aromatic nitrogens is 3. The first-order chi connectivity index (χ1) is 15.0. The minimum atomic E-state index is -4.33. The van der Waals surface area contributed by atoms with Crippen LogP contribution in [0.15, 0.2) is 61.1 Å². The molecular formula is C22H16F3N3O3. The number of rotatable bonds is 5. The van der Waals surface area contributed by atoms with Gasteiger partial charge >= 0.3 is 6.18 Å². The third-order valence-corrected chi connectivity index (χ3v) is 4.85. The van der Waals surface area contributed by atoms with E-state index in [1.807, 2.05) is 30.3 Å². The van der Waals surface area contributed by atoms with Crippen LogP contribution in [-0.4, -0.2) is 27.7 Å². The third-order valence-electron chi connectivity index (χ3n) is 4.85. The van der Waals surface area contributed by atoms with Crippen molar-refractivity contribution in [3.8, 4) is 28.4 Å². The van der Waals surface area contributed by atoms with E-state index in [2.05, 4.69) is 10.1 Å². The summed E-state index contributed by atoms with van der Waals surface area (Å²) in [5.41, 5.74) is 2.83. The topological polar surface area (TPSA) is 58.4 Å². The average Bonchev–Trinajstić information content (AvgIpc) is 3.39. The lowest BCUT2D eigenvalue weighted by Gasteiger charge is -2.11. The Morgan fingerprint density at radius 3 is 2.81 bits per heavy atom. The molecular weight excluding hydrogens is 411 g/mol. The fourth-order valence-corrected chi connectivity index (χ4v) is 3.48. The number of benzene rings is 2. The van der Waals surface area contributed by atoms with Crippen molar-refractivity contribution >= 4 is 10.9 Å². The third kappa shape index (κ3) is 3.98. The Hall–Kier alpha value is -3.75. The molecule has 31 heavy (non-hydrogen) atoms. The predicted molar refractivity (Wildman–Crippen MR) is 106 cm³/mol. The summed E-state index contributed by atoms with van der Waals surface area (Å²) in [6.45, 7) is -0.639. The fraction of sp³-hybridized carbons (Fsp3) is 0.182. The molecule has 0 spiro atoms. The summed E-state index contributed by atoms with van der Waals surface area (Å²) in [5, 5.41) is 4.60. The van der Waals surface area contributed by atoms with Gasteiger partial charge in [0.1, 0.15) is 24.4 Å². The molecule has 1 aliphatic rings. The lowest BCUT2D eigenvalue weighted by Crippen LogP contribution is -2.17. The van der Waals surface area contributed by atoms with Crippen molar-refractivity contribution in [1.82, 2.24) is 14.8 Å². The van der Waals surface area contributed by atoms with Gasteiger partial charge in [-0.1, -0.05) is 18.2 Å². The van der Waals surface area contributed by atoms with Gasteiger partial charge in [-0.25, -0.2) is 0 Å². The van der Waals surface area contributed by atoms with Crippen molar-refractivity contribution in [1.29, 1.82) is 0 Å². The van der Waals surface area contributed by atoms with Gasteiger partial charge < -0.3 is 14.2 Å². The van der Waals surface area contributed by atoms with Crippen LogP contribution in [-0.2, 0) is 13.2 Å². The Morgan fingerprint density at radius 1 is 1.06 bits per heavy atom. The maximum absolute atomic E-state index is 12.7. The van der Waals surface area contributed by atoms with Crippen molar-refractivity contribution in [2.45, 2.75) is 19.3 Å². The predicted octanol–water partition coefficient (Wildman–Crippen LogP) is 4.97. The number of nitrogens with zero attached hydrogens (tertiary/aromatic N) is 3. The maximum Gasteiger partial charge on any atom is 0.408 e.